The van der Waals surface area contributed by atoms with Gasteiger partial charge in [-0.15, -0.1) is 0 Å². The molecule has 129 heavy (non-hydrogen) atoms. The Kier molecular flexibility index (Phi) is 34.5. The van der Waals surface area contributed by atoms with E-state index >= 15 is 0 Å². The lowest BCUT2D eigenvalue weighted by Crippen LogP contribution is -2.46. The van der Waals surface area contributed by atoms with Crippen LogP contribution in [0.5, 0.6) is 23.0 Å². The van der Waals surface area contributed by atoms with Crippen molar-refractivity contribution in [3.05, 3.63) is 204 Å². The molecule has 0 radical (unpaired) electrons. The van der Waals surface area contributed by atoms with E-state index in [1.165, 1.54) is 12.1 Å². The number of ether oxygens (including phenoxy) is 4. The molecule has 0 aliphatic heterocycles. The van der Waals surface area contributed by atoms with Crippen LogP contribution in [0.2, 0.25) is 54.4 Å². The van der Waals surface area contributed by atoms with Crippen LogP contribution in [0.4, 0.5) is 63.1 Å². The number of nitrogens with one attached hydrogen (secondary N) is 3. The Labute approximate surface area is 755 Å². The summed E-state index contributed by atoms with van der Waals surface area (Å²) in [5.41, 5.74) is 26.0. The molecule has 3 amide bonds. The van der Waals surface area contributed by atoms with E-state index in [1.807, 2.05) is 191 Å². The number of benzene rings is 8. The summed E-state index contributed by atoms with van der Waals surface area (Å²) in [5, 5.41) is 32.4. The molecule has 4 atom stereocenters. The Bertz CT molecular complexity index is 5860. The number of fused-ring (bicyclic) bond motifs is 4. The number of hydrogen-bond acceptors (Lipinski definition) is 21. The monoisotopic (exact) mass is 1820 g/mol. The van der Waals surface area contributed by atoms with Gasteiger partial charge in [-0.05, 0) is 200 Å². The van der Waals surface area contributed by atoms with Crippen LogP contribution in [-0.4, -0.2) is 180 Å². The second kappa shape index (κ2) is 44.2. The highest BCUT2D eigenvalue weighted by atomic mass is 28.4. The van der Waals surface area contributed by atoms with Crippen molar-refractivity contribution in [1.82, 2.24) is 19.9 Å². The minimum atomic E-state index is -2.25. The first-order valence-electron chi connectivity index (χ1n) is 42.2. The molecule has 0 aliphatic rings. The minimum absolute atomic E-state index is 0.0129. The van der Waals surface area contributed by atoms with Crippen molar-refractivity contribution in [3.8, 4) is 68.0 Å². The Hall–Kier alpha value is -12.2. The fraction of sp³-hybridized carbons (Fsp3) is 0.351. The average molecular weight is 1820 g/mol. The number of rotatable bonds is 35. The van der Waals surface area contributed by atoms with Gasteiger partial charge in [0.2, 0.25) is 19.2 Å². The van der Waals surface area contributed by atoms with Gasteiger partial charge in [-0.1, -0.05) is 105 Å². The highest BCUT2D eigenvalue weighted by Gasteiger charge is 2.42. The van der Waals surface area contributed by atoms with E-state index in [1.54, 1.807) is 42.5 Å². The van der Waals surface area contributed by atoms with Gasteiger partial charge in [0.25, 0.3) is 0 Å². The first kappa shape index (κ1) is 101. The summed E-state index contributed by atoms with van der Waals surface area (Å²) < 4.78 is 95.8. The summed E-state index contributed by atoms with van der Waals surface area (Å²) in [6, 6.07) is 58.8. The van der Waals surface area contributed by atoms with Crippen molar-refractivity contribution >= 4 is 133 Å². The van der Waals surface area contributed by atoms with Gasteiger partial charge in [-0.25, -0.2) is 37.5 Å². The number of aliphatic hydroxyl groups excluding tert-OH is 1. The number of amides is 3. The van der Waals surface area contributed by atoms with Crippen LogP contribution in [0.15, 0.2) is 194 Å². The van der Waals surface area contributed by atoms with Crippen molar-refractivity contribution in [2.45, 2.75) is 141 Å². The first-order chi connectivity index (χ1) is 60.9. The van der Waals surface area contributed by atoms with E-state index in [4.69, 9.17) is 53.7 Å². The molecular formula is C97H120F4N12O13Si3. The fourth-order valence-corrected chi connectivity index (χ4v) is 16.6. The number of hydrogen-bond donors (Lipinski definition) is 6. The number of halogens is 4. The van der Waals surface area contributed by atoms with Crippen LogP contribution in [0.25, 0.3) is 88.6 Å². The lowest BCUT2D eigenvalue weighted by molar-refractivity contribution is -0.385. The Morgan fingerprint density at radius 2 is 0.705 bits per heavy atom. The number of anilines is 7. The standard InChI is InChI=1S/C27H36FN3O3Si.C25H30FN3O5Si.C25H32FN3O3Si.C20H22FN3O2/c1-27(2,3)35(6,7)34-22(16-28)17-33-26-15-20(9-13-25(26)31(4)5)23-11-8-19-14-21(29-18-32)10-12-24(19)30-23;1-25(2,3)35(4,5)34-20(14-26)15-33-24-13-18(7-11-23(24)29(31)32)21-9-6-17-12-19(27-16-30)8-10-22(17)28-21;1-25(2,3)33(4,5)32-20(14-26)15-31-24-13-18(6-9-21(24)27)22-10-7-17-12-19(28-16-30)8-11-23(17)29-22;1-24(2)19-8-4-14(10-20(19)26-12-16(25)11-21)17-6-3-13-9-15(22)5-7-18(13)23-17/h8-15,18,22H,16-17H2,1-7H3,(H,29,32);6-13,16,20H,14-15H2,1-5H3,(H,27,30);6-13,16,20H,14-15,27H2,1-5H3,(H,28,30);3-10,16,25H,11-12,22H2,1-2H3. The van der Waals surface area contributed by atoms with Crippen LogP contribution in [0, 0.1) is 10.1 Å². The molecule has 8 aromatic carbocycles. The number of nitrogen functional groups attached to an aromatic ring is 2. The third kappa shape index (κ3) is 27.2. The number of carbonyl (C=O) groups is 3. The molecule has 32 heteroatoms. The molecule has 0 fully saturated rings. The Morgan fingerprint density at radius 3 is 1.03 bits per heavy atom. The fourth-order valence-electron chi connectivity index (χ4n) is 12.6. The zero-order valence-corrected chi connectivity index (χ0v) is 79.8. The topological polar surface area (TPSA) is 325 Å². The average Bonchev–Trinajstić information content (AvgIpc) is 1.50. The largest absolute Gasteiger partial charge is 0.489 e. The van der Waals surface area contributed by atoms with E-state index in [0.29, 0.717) is 76.0 Å². The zero-order chi connectivity index (χ0) is 94.5. The van der Waals surface area contributed by atoms with E-state index < -0.39 is 81.0 Å². The molecule has 4 unspecified atom stereocenters. The lowest BCUT2D eigenvalue weighted by atomic mass is 10.1. The van der Waals surface area contributed by atoms with Crippen LogP contribution < -0.4 is 56.2 Å². The van der Waals surface area contributed by atoms with Crippen molar-refractivity contribution in [2.24, 2.45) is 0 Å². The van der Waals surface area contributed by atoms with Crippen LogP contribution in [0.3, 0.4) is 0 Å². The maximum Gasteiger partial charge on any atom is 0.310 e. The molecule has 25 nitrogen and oxygen atoms in total. The van der Waals surface area contributed by atoms with E-state index in [-0.39, 0.29) is 53.0 Å². The van der Waals surface area contributed by atoms with Gasteiger partial charge in [0.05, 0.1) is 66.8 Å². The van der Waals surface area contributed by atoms with Gasteiger partial charge in [0.15, 0.2) is 30.7 Å². The number of nitrogens with two attached hydrogens (primary N) is 2. The molecule has 12 rings (SSSR count). The first-order valence-corrected chi connectivity index (χ1v) is 50.9. The van der Waals surface area contributed by atoms with Crippen molar-refractivity contribution in [1.29, 1.82) is 0 Å². The number of nitrogens with zero attached hydrogens (tertiary/aromatic N) is 7. The lowest BCUT2D eigenvalue weighted by Gasteiger charge is -2.38. The summed E-state index contributed by atoms with van der Waals surface area (Å²) in [7, 11) is 1.18. The predicted molar refractivity (Wildman–Crippen MR) is 520 cm³/mol. The molecule has 0 aliphatic carbocycles. The number of nitro benzene ring substituents is 1. The summed E-state index contributed by atoms with van der Waals surface area (Å²) in [5.74, 6) is 1.71. The van der Waals surface area contributed by atoms with Crippen molar-refractivity contribution in [3.63, 3.8) is 0 Å². The Morgan fingerprint density at radius 1 is 0.403 bits per heavy atom. The molecular weight excluding hydrogens is 1700 g/mol. The second-order valence-electron chi connectivity index (χ2n) is 36.1. The third-order valence-corrected chi connectivity index (χ3v) is 36.5. The summed E-state index contributed by atoms with van der Waals surface area (Å²) in [6.45, 7) is 28.5. The smallest absolute Gasteiger partial charge is 0.310 e. The van der Waals surface area contributed by atoms with Gasteiger partial charge in [-0.2, -0.15) is 0 Å². The predicted octanol–water partition coefficient (Wildman–Crippen LogP) is 21.4. The van der Waals surface area contributed by atoms with Crippen LogP contribution >= 0.6 is 0 Å². The number of pyridine rings is 4. The maximum absolute atomic E-state index is 13.9. The maximum atomic E-state index is 13.9. The molecule has 0 saturated heterocycles. The highest BCUT2D eigenvalue weighted by molar-refractivity contribution is 6.75. The summed E-state index contributed by atoms with van der Waals surface area (Å²) in [4.78, 5) is 65.8. The van der Waals surface area contributed by atoms with Crippen LogP contribution in [-0.2, 0) is 27.7 Å². The van der Waals surface area contributed by atoms with Gasteiger partial charge in [-0.3, -0.25) is 24.5 Å². The molecule has 8 N–H and O–H groups in total. The van der Waals surface area contributed by atoms with E-state index in [0.717, 1.165) is 88.9 Å². The van der Waals surface area contributed by atoms with E-state index in [2.05, 4.69) is 114 Å². The van der Waals surface area contributed by atoms with Gasteiger partial charge in [0, 0.05) is 101 Å². The number of alkyl halides is 4. The second-order valence-corrected chi connectivity index (χ2v) is 50.4. The van der Waals surface area contributed by atoms with Crippen LogP contribution in [0.1, 0.15) is 62.3 Å². The quantitative estimate of drug-likeness (QED) is 0.00537. The SMILES string of the molecule is CC(C)(C)[Si](C)(C)OC(CF)COc1cc(-c2ccc3cc(NC=O)ccc3n2)ccc1N.CC(C)(C)[Si](C)(C)OC(CF)COc1cc(-c2ccc3cc(NC=O)ccc3n2)ccc1[N+](=O)[O-].CN(C)c1ccc(-c2ccc3cc(N)ccc3n2)cc1OCC(O)CF.CN(C)c1ccc(-c2ccc3cc(NC=O)ccc3n2)cc1OCC(CF)O[Si](C)(C)C(C)(C)C. The summed E-state index contributed by atoms with van der Waals surface area (Å²) >= 11 is 0. The zero-order valence-electron chi connectivity index (χ0n) is 76.8. The Balaban J connectivity index is 0.000000195. The molecule has 12 aromatic rings. The molecule has 4 aromatic heterocycles. The molecule has 0 saturated carbocycles. The van der Waals surface area contributed by atoms with Gasteiger partial charge < -0.3 is 74.5 Å². The molecule has 0 spiro atoms. The molecule has 0 bridgehead atoms. The molecule has 686 valence electrons. The number of aromatic nitrogens is 4. The summed E-state index contributed by atoms with van der Waals surface area (Å²) in [6.07, 6.45) is -1.34. The minimum Gasteiger partial charge on any atom is -0.489 e. The van der Waals surface area contributed by atoms with Crippen molar-refractivity contribution in [2.75, 3.05) is 119 Å². The number of aliphatic hydroxyl groups is 1. The van der Waals surface area contributed by atoms with Gasteiger partial charge >= 0.3 is 5.69 Å². The molecule has 4 heterocycles. The highest BCUT2D eigenvalue weighted by Crippen LogP contribution is 2.43. The number of nitro groups is 1. The number of carbonyl (C=O) groups excluding carboxylic acids is 3. The normalized spacial score (nSPS) is 12.8. The van der Waals surface area contributed by atoms with Crippen molar-refractivity contribution < 1.29 is 74.2 Å². The van der Waals surface area contributed by atoms with E-state index in [9.17, 15) is 47.2 Å². The van der Waals surface area contributed by atoms with Gasteiger partial charge in [0.1, 0.15) is 94.8 Å². The third-order valence-electron chi connectivity index (χ3n) is 22.9.